The molecular formula is C8H13N. The summed E-state index contributed by atoms with van der Waals surface area (Å²) < 4.78 is 0. The summed E-state index contributed by atoms with van der Waals surface area (Å²) in [6.45, 7) is 3.67. The highest BCUT2D eigenvalue weighted by Crippen LogP contribution is 2.67. The van der Waals surface area contributed by atoms with Crippen molar-refractivity contribution in [1.82, 2.24) is 5.32 Å². The Hall–Kier alpha value is -0.0400. The second-order valence-corrected chi connectivity index (χ2v) is 4.00. The predicted octanol–water partition coefficient (Wildman–Crippen LogP) is 0.860. The zero-order valence-corrected chi connectivity index (χ0v) is 5.80. The molecule has 0 aromatic rings. The Labute approximate surface area is 55.8 Å². The molecule has 50 valence electrons. The van der Waals surface area contributed by atoms with E-state index in [2.05, 4.69) is 12.2 Å². The van der Waals surface area contributed by atoms with Gasteiger partial charge >= 0.3 is 0 Å². The predicted molar refractivity (Wildman–Crippen MR) is 36.0 cm³/mol. The minimum absolute atomic E-state index is 0.838. The summed E-state index contributed by atoms with van der Waals surface area (Å²) >= 11 is 0. The van der Waals surface area contributed by atoms with Gasteiger partial charge in [-0.2, -0.15) is 0 Å². The Balaban J connectivity index is 1.89. The normalized spacial score (nSPS) is 68.3. The third-order valence-corrected chi connectivity index (χ3v) is 3.75. The van der Waals surface area contributed by atoms with Crippen LogP contribution in [0.5, 0.6) is 0 Å². The molecule has 1 N–H and O–H groups in total. The van der Waals surface area contributed by atoms with Crippen molar-refractivity contribution in [3.63, 3.8) is 0 Å². The van der Waals surface area contributed by atoms with Gasteiger partial charge in [0.25, 0.3) is 0 Å². The van der Waals surface area contributed by atoms with Crippen LogP contribution in [0.25, 0.3) is 0 Å². The second kappa shape index (κ2) is 1.20. The lowest BCUT2D eigenvalue weighted by Crippen LogP contribution is -2.41. The Morgan fingerprint density at radius 1 is 1.22 bits per heavy atom. The van der Waals surface area contributed by atoms with Crippen molar-refractivity contribution in [1.29, 1.82) is 0 Å². The molecule has 3 aliphatic rings. The fourth-order valence-electron chi connectivity index (χ4n) is 3.02. The van der Waals surface area contributed by atoms with E-state index in [1.54, 1.807) is 6.42 Å². The summed E-state index contributed by atoms with van der Waals surface area (Å²) in [5.41, 5.74) is 0. The smallest absolute Gasteiger partial charge is 0.00700 e. The molecule has 1 saturated heterocycles. The standard InChI is InChI=1S/C8H13N/c1-4-5-2-6-7(3-9-4)8(5)6/h4-9H,2-3H2,1H3. The Morgan fingerprint density at radius 3 is 2.89 bits per heavy atom. The van der Waals surface area contributed by atoms with E-state index in [1.807, 2.05) is 0 Å². The van der Waals surface area contributed by atoms with Gasteiger partial charge in [0, 0.05) is 6.04 Å². The van der Waals surface area contributed by atoms with Crippen LogP contribution in [0.3, 0.4) is 0 Å². The SMILES string of the molecule is CC1NCC2C3CC1C23. The Kier molecular flexibility index (Phi) is 0.628. The van der Waals surface area contributed by atoms with Crippen LogP contribution in [0.4, 0.5) is 0 Å². The third-order valence-electron chi connectivity index (χ3n) is 3.75. The maximum atomic E-state index is 3.56. The van der Waals surface area contributed by atoms with Crippen molar-refractivity contribution < 1.29 is 0 Å². The molecule has 0 spiro atoms. The molecule has 0 bridgehead atoms. The first-order chi connectivity index (χ1) is 4.38. The van der Waals surface area contributed by atoms with Crippen molar-refractivity contribution in [3.05, 3.63) is 0 Å². The number of hydrogen-bond donors (Lipinski definition) is 1. The molecule has 0 aromatic heterocycles. The lowest BCUT2D eigenvalue weighted by Gasteiger charge is -2.32. The van der Waals surface area contributed by atoms with E-state index in [9.17, 15) is 0 Å². The molecule has 1 nitrogen and oxygen atoms in total. The fourth-order valence-corrected chi connectivity index (χ4v) is 3.02. The van der Waals surface area contributed by atoms with Gasteiger partial charge in [-0.1, -0.05) is 0 Å². The van der Waals surface area contributed by atoms with Crippen LogP contribution in [0.2, 0.25) is 0 Å². The quantitative estimate of drug-likeness (QED) is 0.504. The molecule has 1 aliphatic heterocycles. The molecule has 5 unspecified atom stereocenters. The zero-order valence-electron chi connectivity index (χ0n) is 5.80. The van der Waals surface area contributed by atoms with E-state index in [0.29, 0.717) is 0 Å². The monoisotopic (exact) mass is 123 g/mol. The van der Waals surface area contributed by atoms with E-state index in [-0.39, 0.29) is 0 Å². The lowest BCUT2D eigenvalue weighted by atomic mass is 9.80. The van der Waals surface area contributed by atoms with Gasteiger partial charge in [0.05, 0.1) is 0 Å². The molecule has 3 rings (SSSR count). The molecule has 0 aromatic carbocycles. The average Bonchev–Trinajstić information content (AvgIpc) is 2.35. The van der Waals surface area contributed by atoms with E-state index >= 15 is 0 Å². The van der Waals surface area contributed by atoms with Crippen molar-refractivity contribution in [3.8, 4) is 0 Å². The Bertz CT molecular complexity index is 153. The van der Waals surface area contributed by atoms with Crippen molar-refractivity contribution in [2.24, 2.45) is 23.7 Å². The molecule has 9 heavy (non-hydrogen) atoms. The summed E-state index contributed by atoms with van der Waals surface area (Å²) in [4.78, 5) is 0. The molecule has 3 fully saturated rings. The summed E-state index contributed by atoms with van der Waals surface area (Å²) in [5, 5.41) is 3.56. The van der Waals surface area contributed by atoms with Gasteiger partial charge in [0.2, 0.25) is 0 Å². The summed E-state index contributed by atoms with van der Waals surface area (Å²) in [7, 11) is 0. The molecule has 1 heteroatoms. The van der Waals surface area contributed by atoms with Gasteiger partial charge in [-0.15, -0.1) is 0 Å². The first-order valence-electron chi connectivity index (χ1n) is 4.11. The highest BCUT2D eigenvalue weighted by Gasteiger charge is 2.65. The first kappa shape index (κ1) is 4.73. The largest absolute Gasteiger partial charge is 0.314 e. The lowest BCUT2D eigenvalue weighted by molar-refractivity contribution is 0.209. The van der Waals surface area contributed by atoms with Crippen LogP contribution in [0.1, 0.15) is 13.3 Å². The van der Waals surface area contributed by atoms with E-state index in [4.69, 9.17) is 0 Å². The molecule has 5 atom stereocenters. The number of fused-ring (bicyclic) bond motifs is 1. The number of hydrogen-bond acceptors (Lipinski definition) is 1. The van der Waals surface area contributed by atoms with Gasteiger partial charge in [-0.05, 0) is 43.6 Å². The van der Waals surface area contributed by atoms with Crippen LogP contribution in [-0.2, 0) is 0 Å². The minimum atomic E-state index is 0.838. The summed E-state index contributed by atoms with van der Waals surface area (Å²) in [6, 6.07) is 0.838. The van der Waals surface area contributed by atoms with Gasteiger partial charge in [0.1, 0.15) is 0 Å². The van der Waals surface area contributed by atoms with Crippen LogP contribution >= 0.6 is 0 Å². The second-order valence-electron chi connectivity index (χ2n) is 4.00. The van der Waals surface area contributed by atoms with Crippen LogP contribution in [0, 0.1) is 23.7 Å². The maximum Gasteiger partial charge on any atom is 0.00700 e. The minimum Gasteiger partial charge on any atom is -0.314 e. The van der Waals surface area contributed by atoms with Gasteiger partial charge in [-0.3, -0.25) is 0 Å². The fraction of sp³-hybridized carbons (Fsp3) is 1.00. The van der Waals surface area contributed by atoms with Crippen LogP contribution < -0.4 is 5.32 Å². The number of piperidine rings is 1. The molecule has 2 aliphatic carbocycles. The van der Waals surface area contributed by atoms with E-state index in [1.165, 1.54) is 18.4 Å². The van der Waals surface area contributed by atoms with E-state index in [0.717, 1.165) is 17.9 Å². The van der Waals surface area contributed by atoms with Crippen molar-refractivity contribution >= 4 is 0 Å². The molecule has 0 amide bonds. The molecule has 2 saturated carbocycles. The van der Waals surface area contributed by atoms with Gasteiger partial charge in [-0.25, -0.2) is 0 Å². The summed E-state index contributed by atoms with van der Waals surface area (Å²) in [5.74, 6) is 4.55. The topological polar surface area (TPSA) is 12.0 Å². The average molecular weight is 123 g/mol. The highest BCUT2D eigenvalue weighted by atomic mass is 15.0. The van der Waals surface area contributed by atoms with Crippen molar-refractivity contribution in [2.45, 2.75) is 19.4 Å². The molecular weight excluding hydrogens is 110 g/mol. The van der Waals surface area contributed by atoms with Gasteiger partial charge < -0.3 is 5.32 Å². The summed E-state index contributed by atoms with van der Waals surface area (Å²) in [6.07, 6.45) is 1.55. The third kappa shape index (κ3) is 0.389. The van der Waals surface area contributed by atoms with Crippen LogP contribution in [0.15, 0.2) is 0 Å². The zero-order chi connectivity index (χ0) is 6.01. The Morgan fingerprint density at radius 2 is 2.11 bits per heavy atom. The maximum absolute atomic E-state index is 3.56. The van der Waals surface area contributed by atoms with Crippen molar-refractivity contribution in [2.75, 3.05) is 6.54 Å². The van der Waals surface area contributed by atoms with E-state index < -0.39 is 0 Å². The van der Waals surface area contributed by atoms with Crippen LogP contribution in [-0.4, -0.2) is 12.6 Å². The highest BCUT2D eigenvalue weighted by molar-refractivity contribution is 5.15. The first-order valence-corrected chi connectivity index (χ1v) is 4.11. The number of rotatable bonds is 0. The van der Waals surface area contributed by atoms with Gasteiger partial charge in [0.15, 0.2) is 0 Å². The molecule has 0 radical (unpaired) electrons. The number of nitrogens with one attached hydrogen (secondary N) is 1. The molecule has 1 heterocycles.